The summed E-state index contributed by atoms with van der Waals surface area (Å²) >= 11 is 0. The Morgan fingerprint density at radius 3 is 2.92 bits per heavy atom. The van der Waals surface area contributed by atoms with E-state index in [1.807, 2.05) is 12.1 Å². The molecule has 0 saturated carbocycles. The quantitative estimate of drug-likeness (QED) is 0.772. The molecule has 7 nitrogen and oxygen atoms in total. The van der Waals surface area contributed by atoms with Gasteiger partial charge in [-0.05, 0) is 30.4 Å². The molecule has 0 bridgehead atoms. The topological polar surface area (TPSA) is 77.3 Å². The van der Waals surface area contributed by atoms with Crippen LogP contribution in [0.4, 0.5) is 0 Å². The highest BCUT2D eigenvalue weighted by Gasteiger charge is 2.22. The van der Waals surface area contributed by atoms with Crippen LogP contribution in [0.2, 0.25) is 0 Å². The van der Waals surface area contributed by atoms with Crippen LogP contribution in [0, 0.1) is 0 Å². The van der Waals surface area contributed by atoms with Crippen LogP contribution in [0.1, 0.15) is 40.4 Å². The van der Waals surface area contributed by atoms with E-state index in [1.54, 1.807) is 14.1 Å². The first kappa shape index (κ1) is 17.1. The lowest BCUT2D eigenvalue weighted by atomic mass is 9.83. The Balaban J connectivity index is 1.59. The average Bonchev–Trinajstić information content (AvgIpc) is 3.08. The summed E-state index contributed by atoms with van der Waals surface area (Å²) in [5, 5.41) is 7.61. The predicted molar refractivity (Wildman–Crippen MR) is 91.1 cm³/mol. The minimum Gasteiger partial charge on any atom is -0.460 e. The largest absolute Gasteiger partial charge is 0.460 e. The van der Waals surface area contributed by atoms with E-state index in [0.717, 1.165) is 19.3 Å². The number of rotatable bonds is 5. The van der Waals surface area contributed by atoms with Crippen LogP contribution in [0.25, 0.3) is 0 Å². The van der Waals surface area contributed by atoms with Gasteiger partial charge in [0.05, 0.1) is 12.8 Å². The number of fused-ring (bicyclic) bond motifs is 1. The zero-order valence-electron chi connectivity index (χ0n) is 14.5. The molecule has 1 aromatic heterocycles. The maximum Gasteiger partial charge on any atom is 0.360 e. The van der Waals surface area contributed by atoms with Gasteiger partial charge in [-0.2, -0.15) is 0 Å². The third kappa shape index (κ3) is 4.04. The Hall–Kier alpha value is -2.70. The number of ether oxygens (including phenoxy) is 1. The molecule has 7 heteroatoms. The average molecular weight is 342 g/mol. The van der Waals surface area contributed by atoms with Gasteiger partial charge in [-0.15, -0.1) is 5.10 Å². The minimum atomic E-state index is -0.508. The lowest BCUT2D eigenvalue weighted by molar-refractivity contribution is -0.129. The van der Waals surface area contributed by atoms with E-state index in [4.69, 9.17) is 4.74 Å². The summed E-state index contributed by atoms with van der Waals surface area (Å²) in [4.78, 5) is 25.3. The van der Waals surface area contributed by atoms with Crippen LogP contribution in [-0.4, -0.2) is 52.5 Å². The Morgan fingerprint density at radius 2 is 2.12 bits per heavy atom. The molecule has 1 aromatic carbocycles. The van der Waals surface area contributed by atoms with Crippen LogP contribution < -0.4 is 0 Å². The number of benzene rings is 1. The molecule has 25 heavy (non-hydrogen) atoms. The fourth-order valence-corrected chi connectivity index (χ4v) is 3.03. The van der Waals surface area contributed by atoms with E-state index in [0.29, 0.717) is 6.61 Å². The zero-order chi connectivity index (χ0) is 17.8. The van der Waals surface area contributed by atoms with E-state index in [2.05, 4.69) is 22.4 Å². The number of hydrogen-bond donors (Lipinski definition) is 0. The Kier molecular flexibility index (Phi) is 5.11. The van der Waals surface area contributed by atoms with Gasteiger partial charge in [0.2, 0.25) is 5.91 Å². The van der Waals surface area contributed by atoms with Crippen LogP contribution in [0.3, 0.4) is 0 Å². The maximum atomic E-state index is 12.2. The summed E-state index contributed by atoms with van der Waals surface area (Å²) in [6.45, 7) is 0.378. The number of carbonyl (C=O) groups excluding carboxylic acids is 2. The molecule has 2 aromatic rings. The number of hydrogen-bond acceptors (Lipinski definition) is 5. The molecule has 132 valence electrons. The van der Waals surface area contributed by atoms with Gasteiger partial charge in [0.1, 0.15) is 6.54 Å². The number of aromatic nitrogens is 3. The normalized spacial score (nSPS) is 16.2. The highest BCUT2D eigenvalue weighted by atomic mass is 16.5. The molecule has 1 heterocycles. The van der Waals surface area contributed by atoms with E-state index in [9.17, 15) is 9.59 Å². The lowest BCUT2D eigenvalue weighted by Crippen LogP contribution is -2.26. The van der Waals surface area contributed by atoms with Crippen molar-refractivity contribution in [1.29, 1.82) is 0 Å². The van der Waals surface area contributed by atoms with Crippen molar-refractivity contribution in [2.75, 3.05) is 20.7 Å². The van der Waals surface area contributed by atoms with Crippen molar-refractivity contribution in [1.82, 2.24) is 19.9 Å². The van der Waals surface area contributed by atoms with Crippen molar-refractivity contribution >= 4 is 11.9 Å². The van der Waals surface area contributed by atoms with Gasteiger partial charge >= 0.3 is 5.97 Å². The standard InChI is InChI=1S/C18H22N4O3/c1-21(2)17(23)11-22-10-16(19-20-22)18(24)25-12-14-8-5-7-13-6-3-4-9-15(13)14/h3-4,6,9-10,14H,5,7-8,11-12H2,1-2H3/t14-/m0/s1. The number of likely N-dealkylation sites (N-methyl/N-ethyl adjacent to an activating group) is 1. The molecule has 0 spiro atoms. The number of carbonyl (C=O) groups is 2. The van der Waals surface area contributed by atoms with Gasteiger partial charge in [-0.3, -0.25) is 4.79 Å². The monoisotopic (exact) mass is 342 g/mol. The van der Waals surface area contributed by atoms with Gasteiger partial charge in [-0.1, -0.05) is 29.5 Å². The molecule has 0 aliphatic heterocycles. The first-order valence-electron chi connectivity index (χ1n) is 8.40. The van der Waals surface area contributed by atoms with Crippen molar-refractivity contribution in [3.05, 3.63) is 47.3 Å². The fraction of sp³-hybridized carbons (Fsp3) is 0.444. The zero-order valence-corrected chi connectivity index (χ0v) is 14.5. The second kappa shape index (κ2) is 7.46. The van der Waals surface area contributed by atoms with Crippen molar-refractivity contribution in [2.24, 2.45) is 0 Å². The molecule has 0 unspecified atom stereocenters. The maximum absolute atomic E-state index is 12.2. The molecule has 0 radical (unpaired) electrons. The van der Waals surface area contributed by atoms with E-state index >= 15 is 0 Å². The minimum absolute atomic E-state index is 0.0449. The predicted octanol–water partition coefficient (Wildman–Crippen LogP) is 1.64. The fourth-order valence-electron chi connectivity index (χ4n) is 3.03. The molecule has 0 fully saturated rings. The SMILES string of the molecule is CN(C)C(=O)Cn1cc(C(=O)OC[C@@H]2CCCc3ccccc32)nn1. The Labute approximate surface area is 146 Å². The summed E-state index contributed by atoms with van der Waals surface area (Å²) in [5.41, 5.74) is 2.72. The van der Waals surface area contributed by atoms with E-state index < -0.39 is 5.97 Å². The molecule has 1 amide bonds. The smallest absolute Gasteiger partial charge is 0.360 e. The highest BCUT2D eigenvalue weighted by Crippen LogP contribution is 2.31. The van der Waals surface area contributed by atoms with Crippen LogP contribution >= 0.6 is 0 Å². The van der Waals surface area contributed by atoms with Gasteiger partial charge in [0.15, 0.2) is 5.69 Å². The summed E-state index contributed by atoms with van der Waals surface area (Å²) in [6, 6.07) is 8.31. The molecule has 1 aliphatic carbocycles. The molecule has 0 saturated heterocycles. The summed E-state index contributed by atoms with van der Waals surface area (Å²) in [5.74, 6) is -0.408. The third-order valence-electron chi connectivity index (χ3n) is 4.45. The number of amides is 1. The molecule has 0 N–H and O–H groups in total. The number of aryl methyl sites for hydroxylation is 1. The van der Waals surface area contributed by atoms with Gasteiger partial charge < -0.3 is 9.64 Å². The first-order valence-corrected chi connectivity index (χ1v) is 8.40. The number of esters is 1. The molecule has 1 atom stereocenters. The second-order valence-electron chi connectivity index (χ2n) is 6.48. The second-order valence-corrected chi connectivity index (χ2v) is 6.48. The van der Waals surface area contributed by atoms with E-state index in [1.165, 1.54) is 26.9 Å². The molecule has 1 aliphatic rings. The Bertz CT molecular complexity index is 769. The van der Waals surface area contributed by atoms with Crippen LogP contribution in [-0.2, 0) is 22.5 Å². The van der Waals surface area contributed by atoms with E-state index in [-0.39, 0.29) is 24.1 Å². The van der Waals surface area contributed by atoms with Crippen molar-refractivity contribution in [3.8, 4) is 0 Å². The van der Waals surface area contributed by atoms with Crippen molar-refractivity contribution in [2.45, 2.75) is 31.7 Å². The summed E-state index contributed by atoms with van der Waals surface area (Å²) in [6.07, 6.45) is 4.63. The highest BCUT2D eigenvalue weighted by molar-refractivity contribution is 5.86. The molecule has 3 rings (SSSR count). The Morgan fingerprint density at radius 1 is 1.32 bits per heavy atom. The van der Waals surface area contributed by atoms with Crippen LogP contribution in [0.15, 0.2) is 30.5 Å². The van der Waals surface area contributed by atoms with Crippen LogP contribution in [0.5, 0.6) is 0 Å². The van der Waals surface area contributed by atoms with Crippen molar-refractivity contribution in [3.63, 3.8) is 0 Å². The molecular weight excluding hydrogens is 320 g/mol. The molecular formula is C18H22N4O3. The third-order valence-corrected chi connectivity index (χ3v) is 4.45. The van der Waals surface area contributed by atoms with Gasteiger partial charge in [-0.25, -0.2) is 9.48 Å². The summed E-state index contributed by atoms with van der Waals surface area (Å²) in [7, 11) is 3.33. The number of nitrogens with zero attached hydrogens (tertiary/aromatic N) is 4. The summed E-state index contributed by atoms with van der Waals surface area (Å²) < 4.78 is 6.78. The van der Waals surface area contributed by atoms with Gasteiger partial charge in [0.25, 0.3) is 0 Å². The van der Waals surface area contributed by atoms with Crippen molar-refractivity contribution < 1.29 is 14.3 Å². The lowest BCUT2D eigenvalue weighted by Gasteiger charge is -2.24. The van der Waals surface area contributed by atoms with Gasteiger partial charge in [0, 0.05) is 20.0 Å². The first-order chi connectivity index (χ1) is 12.0.